The van der Waals surface area contributed by atoms with Crippen molar-refractivity contribution in [3.8, 4) is 0 Å². The van der Waals surface area contributed by atoms with Crippen LogP contribution in [0.25, 0.3) is 0 Å². The summed E-state index contributed by atoms with van der Waals surface area (Å²) in [4.78, 5) is 0. The number of hydrogen-bond acceptors (Lipinski definition) is 4. The molecule has 4 atom stereocenters. The molecule has 0 bridgehead atoms. The molecule has 0 radical (unpaired) electrons. The van der Waals surface area contributed by atoms with E-state index in [1.165, 1.54) is 12.1 Å². The van der Waals surface area contributed by atoms with Crippen molar-refractivity contribution in [3.05, 3.63) is 30.1 Å². The summed E-state index contributed by atoms with van der Waals surface area (Å²) < 4.78 is 18.7. The van der Waals surface area contributed by atoms with Crippen LogP contribution < -0.4 is 5.32 Å². The highest BCUT2D eigenvalue weighted by atomic mass is 19.1. The van der Waals surface area contributed by atoms with Crippen LogP contribution in [-0.4, -0.2) is 42.2 Å². The van der Waals surface area contributed by atoms with Gasteiger partial charge in [0.25, 0.3) is 0 Å². The van der Waals surface area contributed by atoms with Crippen LogP contribution in [-0.2, 0) is 4.74 Å². The first kappa shape index (κ1) is 16.2. The second-order valence-corrected chi connectivity index (χ2v) is 5.70. The van der Waals surface area contributed by atoms with E-state index in [-0.39, 0.29) is 49.6 Å². The summed E-state index contributed by atoms with van der Waals surface area (Å²) in [5.41, 5.74) is 0.886. The van der Waals surface area contributed by atoms with Gasteiger partial charge in [0.05, 0.1) is 19.3 Å². The smallest absolute Gasteiger partial charge is 0.123 e. The predicted molar refractivity (Wildman–Crippen MR) is 79.6 cm³/mol. The third kappa shape index (κ3) is 4.15. The fourth-order valence-corrected chi connectivity index (χ4v) is 3.11. The van der Waals surface area contributed by atoms with E-state index in [2.05, 4.69) is 12.2 Å². The lowest BCUT2D eigenvalue weighted by Gasteiger charge is -2.41. The molecule has 3 N–H and O–H groups in total. The fraction of sp³-hybridized carbons (Fsp3) is 0.625. The Kier molecular flexibility index (Phi) is 5.96. The maximum absolute atomic E-state index is 12.9. The normalized spacial score (nSPS) is 29.3. The number of anilines is 1. The molecule has 4 unspecified atom stereocenters. The first-order chi connectivity index (χ1) is 10.2. The number of nitrogens with one attached hydrogen (secondary N) is 1. The van der Waals surface area contributed by atoms with Crippen molar-refractivity contribution in [2.24, 2.45) is 11.8 Å². The molecule has 0 amide bonds. The summed E-state index contributed by atoms with van der Waals surface area (Å²) in [6.07, 6.45) is 1.73. The Morgan fingerprint density at radius 2 is 1.95 bits per heavy atom. The summed E-state index contributed by atoms with van der Waals surface area (Å²) in [6, 6.07) is 6.54. The second kappa shape index (κ2) is 7.73. The van der Waals surface area contributed by atoms with Crippen LogP contribution in [0.4, 0.5) is 10.1 Å². The Morgan fingerprint density at radius 1 is 1.24 bits per heavy atom. The molecule has 0 saturated heterocycles. The monoisotopic (exact) mass is 297 g/mol. The van der Waals surface area contributed by atoms with Gasteiger partial charge in [0, 0.05) is 30.2 Å². The average molecular weight is 297 g/mol. The van der Waals surface area contributed by atoms with Crippen LogP contribution >= 0.6 is 0 Å². The number of aliphatic hydroxyl groups is 2. The van der Waals surface area contributed by atoms with Crippen molar-refractivity contribution in [2.75, 3.05) is 25.1 Å². The van der Waals surface area contributed by atoms with Crippen molar-refractivity contribution < 1.29 is 19.3 Å². The molecule has 0 spiro atoms. The molecule has 0 heterocycles. The molecule has 1 aromatic carbocycles. The molecule has 21 heavy (non-hydrogen) atoms. The fourth-order valence-electron chi connectivity index (χ4n) is 3.11. The first-order valence-corrected chi connectivity index (χ1v) is 7.51. The highest BCUT2D eigenvalue weighted by molar-refractivity contribution is 5.44. The van der Waals surface area contributed by atoms with E-state index >= 15 is 0 Å². The summed E-state index contributed by atoms with van der Waals surface area (Å²) >= 11 is 0. The Hall–Kier alpha value is -1.17. The van der Waals surface area contributed by atoms with Crippen LogP contribution in [0.5, 0.6) is 0 Å². The third-order valence-corrected chi connectivity index (χ3v) is 4.30. The molecule has 5 heteroatoms. The largest absolute Gasteiger partial charge is 0.396 e. The van der Waals surface area contributed by atoms with Gasteiger partial charge in [-0.05, 0) is 37.1 Å². The van der Waals surface area contributed by atoms with Crippen LogP contribution in [0.1, 0.15) is 19.8 Å². The average Bonchev–Trinajstić information content (AvgIpc) is 2.50. The van der Waals surface area contributed by atoms with Gasteiger partial charge in [0.15, 0.2) is 0 Å². The number of benzene rings is 1. The van der Waals surface area contributed by atoms with E-state index in [0.29, 0.717) is 0 Å². The molecule has 0 aromatic heterocycles. The van der Waals surface area contributed by atoms with E-state index in [0.717, 1.165) is 18.5 Å². The van der Waals surface area contributed by atoms with Gasteiger partial charge in [0.2, 0.25) is 0 Å². The highest BCUT2D eigenvalue weighted by Crippen LogP contribution is 2.33. The van der Waals surface area contributed by atoms with Gasteiger partial charge in [-0.15, -0.1) is 0 Å². The standard InChI is InChI=1S/C16H24FNO3/c1-11-15(18-14-5-3-13(17)4-6-14)7-2-12(10-20)16(11)21-9-8-19/h3-6,11-12,15-16,18-20H,2,7-10H2,1H3. The first-order valence-electron chi connectivity index (χ1n) is 7.51. The zero-order valence-corrected chi connectivity index (χ0v) is 12.3. The lowest BCUT2D eigenvalue weighted by Crippen LogP contribution is -2.46. The number of aliphatic hydroxyl groups excluding tert-OH is 2. The number of hydrogen-bond donors (Lipinski definition) is 3. The summed E-state index contributed by atoms with van der Waals surface area (Å²) in [5.74, 6) is 0.0621. The number of halogens is 1. The lowest BCUT2D eigenvalue weighted by molar-refractivity contribution is -0.0703. The van der Waals surface area contributed by atoms with Gasteiger partial charge in [-0.25, -0.2) is 4.39 Å². The molecule has 4 nitrogen and oxygen atoms in total. The molecule has 1 saturated carbocycles. The van der Waals surface area contributed by atoms with Crippen molar-refractivity contribution in [1.29, 1.82) is 0 Å². The molecular weight excluding hydrogens is 273 g/mol. The maximum atomic E-state index is 12.9. The molecule has 1 fully saturated rings. The SMILES string of the molecule is CC1C(Nc2ccc(F)cc2)CCC(CO)C1OCCO. The Labute approximate surface area is 124 Å². The predicted octanol–water partition coefficient (Wildman–Crippen LogP) is 2.02. The van der Waals surface area contributed by atoms with Crippen LogP contribution in [0.2, 0.25) is 0 Å². The van der Waals surface area contributed by atoms with Crippen LogP contribution in [0.15, 0.2) is 24.3 Å². The van der Waals surface area contributed by atoms with Crippen molar-refractivity contribution >= 4 is 5.69 Å². The summed E-state index contributed by atoms with van der Waals surface area (Å²) in [7, 11) is 0. The zero-order chi connectivity index (χ0) is 15.2. The van der Waals surface area contributed by atoms with E-state index in [1.807, 2.05) is 0 Å². The van der Waals surface area contributed by atoms with E-state index in [9.17, 15) is 9.50 Å². The second-order valence-electron chi connectivity index (χ2n) is 5.70. The van der Waals surface area contributed by atoms with Gasteiger partial charge < -0.3 is 20.3 Å². The Morgan fingerprint density at radius 3 is 2.57 bits per heavy atom. The number of ether oxygens (including phenoxy) is 1. The zero-order valence-electron chi connectivity index (χ0n) is 12.3. The Bertz CT molecular complexity index is 426. The topological polar surface area (TPSA) is 61.7 Å². The maximum Gasteiger partial charge on any atom is 0.123 e. The molecule has 118 valence electrons. The summed E-state index contributed by atoms with van der Waals surface area (Å²) in [5, 5.41) is 21.8. The summed E-state index contributed by atoms with van der Waals surface area (Å²) in [6.45, 7) is 2.46. The molecular formula is C16H24FNO3. The Balaban J connectivity index is 2.01. The van der Waals surface area contributed by atoms with Gasteiger partial charge in [-0.2, -0.15) is 0 Å². The lowest BCUT2D eigenvalue weighted by atomic mass is 9.76. The minimum Gasteiger partial charge on any atom is -0.396 e. The molecule has 2 rings (SSSR count). The molecule has 1 aliphatic carbocycles. The molecule has 1 aromatic rings. The molecule has 0 aliphatic heterocycles. The minimum absolute atomic E-state index is 0.0164. The van der Waals surface area contributed by atoms with E-state index < -0.39 is 0 Å². The van der Waals surface area contributed by atoms with Gasteiger partial charge in [-0.3, -0.25) is 0 Å². The number of rotatable bonds is 6. The van der Waals surface area contributed by atoms with Crippen LogP contribution in [0.3, 0.4) is 0 Å². The third-order valence-electron chi connectivity index (χ3n) is 4.30. The quantitative estimate of drug-likeness (QED) is 0.752. The van der Waals surface area contributed by atoms with Crippen molar-refractivity contribution in [1.82, 2.24) is 0 Å². The van der Waals surface area contributed by atoms with Gasteiger partial charge >= 0.3 is 0 Å². The highest BCUT2D eigenvalue weighted by Gasteiger charge is 2.37. The van der Waals surface area contributed by atoms with E-state index in [1.54, 1.807) is 12.1 Å². The molecule has 1 aliphatic rings. The van der Waals surface area contributed by atoms with E-state index in [4.69, 9.17) is 9.84 Å². The van der Waals surface area contributed by atoms with Crippen molar-refractivity contribution in [2.45, 2.75) is 31.9 Å². The van der Waals surface area contributed by atoms with Crippen molar-refractivity contribution in [3.63, 3.8) is 0 Å². The van der Waals surface area contributed by atoms with Crippen LogP contribution in [0, 0.1) is 17.7 Å². The minimum atomic E-state index is -0.248. The van der Waals surface area contributed by atoms with Gasteiger partial charge in [-0.1, -0.05) is 6.92 Å². The van der Waals surface area contributed by atoms with Gasteiger partial charge in [0.1, 0.15) is 5.82 Å².